The quantitative estimate of drug-likeness (QED) is 0.0644. The lowest BCUT2D eigenvalue weighted by Crippen LogP contribution is -1.99. The maximum atomic E-state index is 12.6. The number of nitrogens with one attached hydrogen (secondary N) is 1. The van der Waals surface area contributed by atoms with Crippen molar-refractivity contribution in [2.45, 2.75) is 14.7 Å². The number of nitrogens with zero attached hydrogens (tertiary/aromatic N) is 4. The number of aromatic hydroxyl groups is 1. The lowest BCUT2D eigenvalue weighted by molar-refractivity contribution is 0.416. The molecule has 0 aliphatic rings. The van der Waals surface area contributed by atoms with E-state index < -0.39 is 56.5 Å². The van der Waals surface area contributed by atoms with Gasteiger partial charge in [0, 0.05) is 38.6 Å². The highest BCUT2D eigenvalue weighted by molar-refractivity contribution is 7.86. The van der Waals surface area contributed by atoms with Crippen molar-refractivity contribution in [3.8, 4) is 11.5 Å². The van der Waals surface area contributed by atoms with Gasteiger partial charge in [0.25, 0.3) is 30.4 Å². The number of azo groups is 2. The van der Waals surface area contributed by atoms with E-state index in [-0.39, 0.29) is 49.4 Å². The first kappa shape index (κ1) is 37.2. The molecule has 16 nitrogen and oxygen atoms in total. The molecule has 0 unspecified atom stereocenters. The molecule has 6 rings (SSSR count). The minimum Gasteiger partial charge on any atom is -0.505 e. The number of fused-ring (bicyclic) bond motifs is 2. The zero-order chi connectivity index (χ0) is 38.3. The number of ether oxygens (including phenoxy) is 1. The summed E-state index contributed by atoms with van der Waals surface area (Å²) in [5, 5.41) is 30.8. The fourth-order valence-corrected chi connectivity index (χ4v) is 7.29. The van der Waals surface area contributed by atoms with Gasteiger partial charge < -0.3 is 15.2 Å². The van der Waals surface area contributed by atoms with Crippen LogP contribution < -0.4 is 10.1 Å². The highest BCUT2D eigenvalue weighted by Gasteiger charge is 2.24. The number of rotatable bonds is 10. The van der Waals surface area contributed by atoms with E-state index in [1.807, 2.05) is 30.3 Å². The monoisotopic (exact) mass is 797 g/mol. The molecule has 0 bridgehead atoms. The summed E-state index contributed by atoms with van der Waals surface area (Å²) in [7, 11) is -13.4. The first-order chi connectivity index (χ1) is 24.9. The van der Waals surface area contributed by atoms with Crippen molar-refractivity contribution in [3.63, 3.8) is 0 Å². The van der Waals surface area contributed by atoms with Gasteiger partial charge in [-0.05, 0) is 72.1 Å². The molecular formula is C33H24ClN5O11S3. The maximum absolute atomic E-state index is 12.6. The number of benzene rings is 6. The van der Waals surface area contributed by atoms with E-state index in [1.165, 1.54) is 31.4 Å². The van der Waals surface area contributed by atoms with E-state index in [4.69, 9.17) is 16.3 Å². The van der Waals surface area contributed by atoms with Crippen LogP contribution in [0, 0.1) is 0 Å². The molecule has 5 N–H and O–H groups in total. The summed E-state index contributed by atoms with van der Waals surface area (Å²) in [4.78, 5) is -2.05. The van der Waals surface area contributed by atoms with Gasteiger partial charge in [0.05, 0.1) is 17.7 Å². The Labute approximate surface area is 306 Å². The van der Waals surface area contributed by atoms with E-state index >= 15 is 0 Å². The fraction of sp³-hybridized carbons (Fsp3) is 0.0303. The standard InChI is InChI=1S/C33H24ClN5O11S3/c1-50-28-17-27(37-36-26-12-7-19(34)15-29(26)52(44,45)46)25-16-22(51(41,42)43)9-11-24(25)31(28)38-39-32-30(53(47,48)49)14-18-13-21(8-10-23(18)33(32)40)35-20-5-3-2-4-6-20/h2-17,35,40H,1H3,(H,41,42,43)(H,44,45,46)(H,47,48,49). The number of hydrogen-bond donors (Lipinski definition) is 5. The van der Waals surface area contributed by atoms with Crippen LogP contribution in [0.5, 0.6) is 11.5 Å². The Kier molecular flexibility index (Phi) is 9.92. The second-order valence-electron chi connectivity index (χ2n) is 11.1. The fourth-order valence-electron chi connectivity index (χ4n) is 5.24. The Morgan fingerprint density at radius 3 is 1.92 bits per heavy atom. The van der Waals surface area contributed by atoms with Crippen LogP contribution in [-0.4, -0.2) is 51.1 Å². The number of hydrogen-bond acceptors (Lipinski definition) is 13. The molecule has 0 atom stereocenters. The number of para-hydroxylation sites is 1. The highest BCUT2D eigenvalue weighted by Crippen LogP contribution is 2.46. The van der Waals surface area contributed by atoms with Crippen LogP contribution in [0.3, 0.4) is 0 Å². The second kappa shape index (κ2) is 14.1. The van der Waals surface area contributed by atoms with Gasteiger partial charge in [-0.2, -0.15) is 25.3 Å². The Balaban J connectivity index is 1.52. The molecule has 6 aromatic rings. The van der Waals surface area contributed by atoms with Gasteiger partial charge in [-0.25, -0.2) is 0 Å². The summed E-state index contributed by atoms with van der Waals surface area (Å²) in [6.07, 6.45) is 0. The summed E-state index contributed by atoms with van der Waals surface area (Å²) in [5.41, 5.74) is -0.00583. The van der Waals surface area contributed by atoms with E-state index in [0.29, 0.717) is 5.69 Å². The van der Waals surface area contributed by atoms with E-state index in [0.717, 1.165) is 36.0 Å². The van der Waals surface area contributed by atoms with Gasteiger partial charge in [-0.3, -0.25) is 13.7 Å². The van der Waals surface area contributed by atoms with Crippen molar-refractivity contribution in [1.82, 2.24) is 0 Å². The molecule has 6 aromatic carbocycles. The summed E-state index contributed by atoms with van der Waals surface area (Å²) in [5.74, 6) is -0.753. The molecule has 0 aromatic heterocycles. The molecule has 0 radical (unpaired) electrons. The average Bonchev–Trinajstić information content (AvgIpc) is 3.09. The SMILES string of the molecule is COc1cc(N=Nc2ccc(Cl)cc2S(=O)(=O)O)c2cc(S(=O)(=O)O)ccc2c1N=Nc1c(S(=O)(=O)O)cc2cc(Nc3ccccc3)ccc2c1O. The van der Waals surface area contributed by atoms with Gasteiger partial charge in [-0.1, -0.05) is 35.9 Å². The minimum absolute atomic E-state index is 0.0318. The smallest absolute Gasteiger partial charge is 0.296 e. The Morgan fingerprint density at radius 2 is 1.26 bits per heavy atom. The number of phenolic OH excluding ortho intramolecular Hbond substituents is 1. The predicted octanol–water partition coefficient (Wildman–Crippen LogP) is 8.68. The average molecular weight is 798 g/mol. The topological polar surface area (TPSA) is 254 Å². The molecule has 0 spiro atoms. The molecule has 0 heterocycles. The third-order valence-corrected chi connectivity index (χ3v) is 10.5. The molecule has 0 amide bonds. The van der Waals surface area contributed by atoms with E-state index in [9.17, 15) is 44.0 Å². The third-order valence-electron chi connectivity index (χ3n) is 7.65. The van der Waals surface area contributed by atoms with Crippen LogP contribution in [0.1, 0.15) is 0 Å². The molecule has 0 saturated heterocycles. The lowest BCUT2D eigenvalue weighted by atomic mass is 10.1. The van der Waals surface area contributed by atoms with E-state index in [1.54, 1.807) is 12.1 Å². The molecular weight excluding hydrogens is 774 g/mol. The van der Waals surface area contributed by atoms with Gasteiger partial charge in [0.2, 0.25) is 0 Å². The first-order valence-electron chi connectivity index (χ1n) is 14.8. The predicted molar refractivity (Wildman–Crippen MR) is 195 cm³/mol. The molecule has 20 heteroatoms. The minimum atomic E-state index is -5.02. The zero-order valence-corrected chi connectivity index (χ0v) is 30.0. The summed E-state index contributed by atoms with van der Waals surface area (Å²) in [6.45, 7) is 0. The molecule has 0 aliphatic heterocycles. The van der Waals surface area contributed by atoms with Gasteiger partial charge in [0.15, 0.2) is 5.75 Å². The number of methoxy groups -OCH3 is 1. The highest BCUT2D eigenvalue weighted by atomic mass is 35.5. The number of phenols is 1. The third kappa shape index (κ3) is 7.95. The van der Waals surface area contributed by atoms with Crippen molar-refractivity contribution in [1.29, 1.82) is 0 Å². The van der Waals surface area contributed by atoms with Crippen LogP contribution in [0.4, 0.5) is 34.1 Å². The molecule has 0 fully saturated rings. The van der Waals surface area contributed by atoms with Crippen molar-refractivity contribution in [2.24, 2.45) is 20.5 Å². The molecule has 272 valence electrons. The van der Waals surface area contributed by atoms with Crippen LogP contribution >= 0.6 is 11.6 Å². The normalized spacial score (nSPS) is 12.6. The molecule has 0 saturated carbocycles. The van der Waals surface area contributed by atoms with Gasteiger partial charge >= 0.3 is 0 Å². The van der Waals surface area contributed by atoms with Crippen LogP contribution in [0.2, 0.25) is 5.02 Å². The Morgan fingerprint density at radius 1 is 0.604 bits per heavy atom. The number of halogens is 1. The first-order valence-corrected chi connectivity index (χ1v) is 19.5. The van der Waals surface area contributed by atoms with Crippen molar-refractivity contribution in [3.05, 3.63) is 102 Å². The van der Waals surface area contributed by atoms with Crippen molar-refractivity contribution < 1.29 is 48.8 Å². The van der Waals surface area contributed by atoms with Gasteiger partial charge in [0.1, 0.15) is 32.6 Å². The van der Waals surface area contributed by atoms with Crippen molar-refractivity contribution >= 4 is 97.6 Å². The maximum Gasteiger partial charge on any atom is 0.296 e. The molecule has 53 heavy (non-hydrogen) atoms. The molecule has 0 aliphatic carbocycles. The number of anilines is 2. The van der Waals surface area contributed by atoms with Crippen LogP contribution in [0.25, 0.3) is 21.5 Å². The summed E-state index contributed by atoms with van der Waals surface area (Å²) >= 11 is 5.89. The van der Waals surface area contributed by atoms with Crippen molar-refractivity contribution in [2.75, 3.05) is 12.4 Å². The van der Waals surface area contributed by atoms with E-state index in [2.05, 4.69) is 25.8 Å². The second-order valence-corrected chi connectivity index (χ2v) is 15.7. The summed E-state index contributed by atoms with van der Waals surface area (Å²) < 4.78 is 108. The summed E-state index contributed by atoms with van der Waals surface area (Å²) in [6, 6.07) is 22.7. The lowest BCUT2D eigenvalue weighted by Gasteiger charge is -2.13. The van der Waals surface area contributed by atoms with Gasteiger partial charge in [-0.15, -0.1) is 20.5 Å². The largest absolute Gasteiger partial charge is 0.505 e. The van der Waals surface area contributed by atoms with Crippen LogP contribution in [0.15, 0.2) is 132 Å². The Hall–Kier alpha value is -5.54. The zero-order valence-electron chi connectivity index (χ0n) is 26.8. The Bertz CT molecular complexity index is 2850. The van der Waals surface area contributed by atoms with Crippen LogP contribution in [-0.2, 0) is 30.4 Å².